The van der Waals surface area contributed by atoms with E-state index < -0.39 is 0 Å². The third-order valence-corrected chi connectivity index (χ3v) is 4.66. The van der Waals surface area contributed by atoms with Gasteiger partial charge in [0.2, 0.25) is 0 Å². The van der Waals surface area contributed by atoms with Crippen LogP contribution in [-0.2, 0) is 27.2 Å². The number of methoxy groups -OCH3 is 2. The molecule has 4 heterocycles. The first-order valence-corrected chi connectivity index (χ1v) is 9.05. The van der Waals surface area contributed by atoms with Crippen LogP contribution in [0.5, 0.6) is 0 Å². The zero-order chi connectivity index (χ0) is 20.3. The number of hydrogen-bond acceptors (Lipinski definition) is 6. The van der Waals surface area contributed by atoms with Gasteiger partial charge in [-0.15, -0.1) is 0 Å². The van der Waals surface area contributed by atoms with Crippen molar-refractivity contribution >= 4 is 17.6 Å². The van der Waals surface area contributed by atoms with E-state index in [2.05, 4.69) is 19.3 Å². The Morgan fingerprint density at radius 1 is 1.11 bits per heavy atom. The maximum atomic E-state index is 11.3. The summed E-state index contributed by atoms with van der Waals surface area (Å²) in [6.07, 6.45) is 7.29. The standard InChI is InChI=1S/C10H14N2O2.C10H10N2O2/c2*1-7-6-12-4-3-8(10(13)14-2)5-9(12)11-7/h6,8H,3-5H2,1-2H3;3-6H,1-2H3. The molecule has 0 aliphatic carbocycles. The van der Waals surface area contributed by atoms with Crippen molar-refractivity contribution in [1.29, 1.82) is 0 Å². The minimum atomic E-state index is -0.340. The average molecular weight is 384 g/mol. The van der Waals surface area contributed by atoms with Crippen molar-refractivity contribution in [1.82, 2.24) is 18.9 Å². The molecule has 8 heteroatoms. The van der Waals surface area contributed by atoms with Crippen LogP contribution in [0, 0.1) is 19.8 Å². The second-order valence-electron chi connectivity index (χ2n) is 6.76. The number of carbonyl (C=O) groups is 2. The first-order valence-electron chi connectivity index (χ1n) is 9.05. The zero-order valence-corrected chi connectivity index (χ0v) is 16.5. The monoisotopic (exact) mass is 384 g/mol. The highest BCUT2D eigenvalue weighted by Crippen LogP contribution is 2.21. The molecule has 0 spiro atoms. The minimum Gasteiger partial charge on any atom is -0.469 e. The molecule has 4 rings (SSSR count). The predicted octanol–water partition coefficient (Wildman–Crippen LogP) is 2.36. The Labute approximate surface area is 163 Å². The van der Waals surface area contributed by atoms with Crippen LogP contribution in [0.15, 0.2) is 30.7 Å². The van der Waals surface area contributed by atoms with Crippen LogP contribution in [0.25, 0.3) is 5.65 Å². The van der Waals surface area contributed by atoms with Crippen molar-refractivity contribution in [2.75, 3.05) is 14.2 Å². The number of carbonyl (C=O) groups excluding carboxylic acids is 2. The minimum absolute atomic E-state index is 0.00528. The quantitative estimate of drug-likeness (QED) is 0.630. The Hall–Kier alpha value is -3.16. The Morgan fingerprint density at radius 2 is 1.86 bits per heavy atom. The van der Waals surface area contributed by atoms with Crippen LogP contribution in [0.3, 0.4) is 0 Å². The number of esters is 2. The summed E-state index contributed by atoms with van der Waals surface area (Å²) in [6, 6.07) is 3.42. The van der Waals surface area contributed by atoms with Crippen LogP contribution in [0.1, 0.15) is 34.0 Å². The molecule has 3 aromatic heterocycles. The van der Waals surface area contributed by atoms with Gasteiger partial charge >= 0.3 is 11.9 Å². The highest BCUT2D eigenvalue weighted by Gasteiger charge is 2.26. The molecule has 1 unspecified atom stereocenters. The molecule has 0 bridgehead atoms. The zero-order valence-electron chi connectivity index (χ0n) is 16.5. The molecule has 148 valence electrons. The fourth-order valence-corrected chi connectivity index (χ4v) is 3.29. The summed E-state index contributed by atoms with van der Waals surface area (Å²) in [5, 5.41) is 0. The fourth-order valence-electron chi connectivity index (χ4n) is 3.29. The van der Waals surface area contributed by atoms with Crippen molar-refractivity contribution in [2.45, 2.75) is 33.2 Å². The fraction of sp³-hybridized carbons (Fsp3) is 0.400. The summed E-state index contributed by atoms with van der Waals surface area (Å²) < 4.78 is 13.3. The topological polar surface area (TPSA) is 87.7 Å². The molecule has 0 saturated carbocycles. The molecular weight excluding hydrogens is 360 g/mol. The van der Waals surface area contributed by atoms with Gasteiger partial charge in [0.1, 0.15) is 11.5 Å². The predicted molar refractivity (Wildman–Crippen MR) is 102 cm³/mol. The Morgan fingerprint density at radius 3 is 2.57 bits per heavy atom. The Balaban J connectivity index is 0.000000161. The van der Waals surface area contributed by atoms with E-state index in [4.69, 9.17) is 4.74 Å². The summed E-state index contributed by atoms with van der Waals surface area (Å²) in [7, 11) is 2.80. The maximum absolute atomic E-state index is 11.3. The van der Waals surface area contributed by atoms with Crippen molar-refractivity contribution in [2.24, 2.45) is 5.92 Å². The number of aromatic nitrogens is 4. The first kappa shape index (κ1) is 19.6. The highest BCUT2D eigenvalue weighted by molar-refractivity contribution is 5.90. The van der Waals surface area contributed by atoms with E-state index in [1.54, 1.807) is 18.3 Å². The first-order chi connectivity index (χ1) is 13.4. The number of nitrogens with zero attached hydrogens (tertiary/aromatic N) is 4. The average Bonchev–Trinajstić information content (AvgIpc) is 3.25. The Bertz CT molecular complexity index is 1000. The summed E-state index contributed by atoms with van der Waals surface area (Å²) in [4.78, 5) is 31.1. The molecule has 0 saturated heterocycles. The molecule has 8 nitrogen and oxygen atoms in total. The lowest BCUT2D eigenvalue weighted by atomic mass is 9.98. The molecule has 0 fully saturated rings. The summed E-state index contributed by atoms with van der Waals surface area (Å²) in [5.41, 5.74) is 3.22. The third-order valence-electron chi connectivity index (χ3n) is 4.66. The van der Waals surface area contributed by atoms with E-state index >= 15 is 0 Å². The highest BCUT2D eigenvalue weighted by atomic mass is 16.5. The maximum Gasteiger partial charge on any atom is 0.338 e. The number of fused-ring (bicyclic) bond motifs is 2. The summed E-state index contributed by atoms with van der Waals surface area (Å²) >= 11 is 0. The molecule has 28 heavy (non-hydrogen) atoms. The molecule has 0 radical (unpaired) electrons. The summed E-state index contributed by atoms with van der Waals surface area (Å²) in [5.74, 6) is 0.545. The van der Waals surface area contributed by atoms with E-state index in [-0.39, 0.29) is 17.9 Å². The lowest BCUT2D eigenvalue weighted by Crippen LogP contribution is -2.26. The van der Waals surface area contributed by atoms with Crippen LogP contribution < -0.4 is 0 Å². The SMILES string of the molecule is COC(=O)C1CCn2cc(C)nc2C1.COC(=O)c1ccn2cc(C)nc2c1. The Kier molecular flexibility index (Phi) is 5.77. The van der Waals surface area contributed by atoms with Gasteiger partial charge in [0, 0.05) is 31.6 Å². The van der Waals surface area contributed by atoms with Gasteiger partial charge < -0.3 is 18.4 Å². The molecule has 3 aromatic rings. The van der Waals surface area contributed by atoms with Gasteiger partial charge in [-0.1, -0.05) is 0 Å². The van der Waals surface area contributed by atoms with Crippen LogP contribution in [-0.4, -0.2) is 45.1 Å². The molecule has 1 atom stereocenters. The molecule has 1 aliphatic rings. The van der Waals surface area contributed by atoms with E-state index in [0.717, 1.165) is 35.8 Å². The van der Waals surface area contributed by atoms with Gasteiger partial charge in [0.15, 0.2) is 0 Å². The summed E-state index contributed by atoms with van der Waals surface area (Å²) in [6.45, 7) is 4.75. The van der Waals surface area contributed by atoms with Gasteiger partial charge in [-0.05, 0) is 32.4 Å². The lowest BCUT2D eigenvalue weighted by molar-refractivity contribution is -0.146. The van der Waals surface area contributed by atoms with Gasteiger partial charge in [-0.3, -0.25) is 4.79 Å². The number of hydrogen-bond donors (Lipinski definition) is 0. The van der Waals surface area contributed by atoms with E-state index in [0.29, 0.717) is 12.0 Å². The second-order valence-corrected chi connectivity index (χ2v) is 6.76. The van der Waals surface area contributed by atoms with Crippen LogP contribution >= 0.6 is 0 Å². The normalized spacial score (nSPS) is 15.4. The van der Waals surface area contributed by atoms with Gasteiger partial charge in [-0.25, -0.2) is 14.8 Å². The van der Waals surface area contributed by atoms with E-state index in [1.165, 1.54) is 14.2 Å². The molecule has 0 N–H and O–H groups in total. The van der Waals surface area contributed by atoms with Crippen molar-refractivity contribution in [3.8, 4) is 0 Å². The lowest BCUT2D eigenvalue weighted by Gasteiger charge is -2.20. The van der Waals surface area contributed by atoms with E-state index in [1.807, 2.05) is 30.6 Å². The largest absolute Gasteiger partial charge is 0.469 e. The van der Waals surface area contributed by atoms with Crippen molar-refractivity contribution < 1.29 is 19.1 Å². The van der Waals surface area contributed by atoms with Gasteiger partial charge in [0.25, 0.3) is 0 Å². The van der Waals surface area contributed by atoms with Gasteiger partial charge in [-0.2, -0.15) is 0 Å². The molecule has 0 amide bonds. The number of ether oxygens (including phenoxy) is 2. The number of imidazole rings is 2. The number of aryl methyl sites for hydroxylation is 3. The second kappa shape index (κ2) is 8.24. The number of pyridine rings is 1. The van der Waals surface area contributed by atoms with Crippen LogP contribution in [0.4, 0.5) is 0 Å². The van der Waals surface area contributed by atoms with Crippen LogP contribution in [0.2, 0.25) is 0 Å². The van der Waals surface area contributed by atoms with Crippen molar-refractivity contribution in [3.05, 3.63) is 53.5 Å². The van der Waals surface area contributed by atoms with E-state index in [9.17, 15) is 9.59 Å². The third kappa shape index (κ3) is 4.21. The smallest absolute Gasteiger partial charge is 0.338 e. The van der Waals surface area contributed by atoms with Crippen molar-refractivity contribution in [3.63, 3.8) is 0 Å². The molecular formula is C20H24N4O4. The molecule has 0 aromatic carbocycles. The number of rotatable bonds is 2. The van der Waals surface area contributed by atoms with Gasteiger partial charge in [0.05, 0.1) is 37.1 Å². The molecule has 1 aliphatic heterocycles.